The summed E-state index contributed by atoms with van der Waals surface area (Å²) in [5.41, 5.74) is 0.926. The van der Waals surface area contributed by atoms with Crippen molar-refractivity contribution in [1.29, 1.82) is 0 Å². The summed E-state index contributed by atoms with van der Waals surface area (Å²) in [5.74, 6) is 0.884. The lowest BCUT2D eigenvalue weighted by Gasteiger charge is -2.39. The monoisotopic (exact) mass is 279 g/mol. The standard InChI is InChI=1S/C16H25NO3/c1-17-16(12-18)8-4-7-15(10-16)20-14-6-3-5-13(9-14)11-19-2/h3,5-6,9,15,17-18H,4,7-8,10-12H2,1-2H3. The number of benzene rings is 1. The van der Waals surface area contributed by atoms with Crippen LogP contribution in [0.25, 0.3) is 0 Å². The molecule has 0 amide bonds. The zero-order valence-corrected chi connectivity index (χ0v) is 12.4. The van der Waals surface area contributed by atoms with Gasteiger partial charge in [-0.3, -0.25) is 0 Å². The van der Waals surface area contributed by atoms with E-state index in [1.165, 1.54) is 0 Å². The lowest BCUT2D eigenvalue weighted by atomic mass is 9.81. The maximum atomic E-state index is 9.60. The van der Waals surface area contributed by atoms with Crippen LogP contribution in [-0.2, 0) is 11.3 Å². The van der Waals surface area contributed by atoms with E-state index in [1.54, 1.807) is 7.11 Å². The molecular formula is C16H25NO3. The average molecular weight is 279 g/mol. The van der Waals surface area contributed by atoms with Gasteiger partial charge >= 0.3 is 0 Å². The second-order valence-electron chi connectivity index (χ2n) is 5.61. The Balaban J connectivity index is 2.00. The van der Waals surface area contributed by atoms with Crippen molar-refractivity contribution in [3.8, 4) is 5.75 Å². The van der Waals surface area contributed by atoms with Gasteiger partial charge in [-0.25, -0.2) is 0 Å². The van der Waals surface area contributed by atoms with Crippen LogP contribution in [0.4, 0.5) is 0 Å². The van der Waals surface area contributed by atoms with Crippen molar-refractivity contribution >= 4 is 0 Å². The Labute approximate surface area is 121 Å². The predicted molar refractivity (Wildman–Crippen MR) is 78.9 cm³/mol. The molecule has 1 aromatic rings. The van der Waals surface area contributed by atoms with Crippen LogP contribution in [0.2, 0.25) is 0 Å². The molecule has 1 saturated carbocycles. The normalized spacial score (nSPS) is 26.4. The van der Waals surface area contributed by atoms with Gasteiger partial charge < -0.3 is 19.9 Å². The summed E-state index contributed by atoms with van der Waals surface area (Å²) in [6.07, 6.45) is 4.11. The van der Waals surface area contributed by atoms with Gasteiger partial charge in [0.2, 0.25) is 0 Å². The Morgan fingerprint density at radius 1 is 1.45 bits per heavy atom. The molecule has 2 rings (SSSR count). The molecule has 0 spiro atoms. The Morgan fingerprint density at radius 2 is 2.30 bits per heavy atom. The molecule has 0 bridgehead atoms. The predicted octanol–water partition coefficient (Wildman–Crippen LogP) is 2.10. The minimum atomic E-state index is -0.187. The molecule has 20 heavy (non-hydrogen) atoms. The Kier molecular flexibility index (Phi) is 5.40. The molecule has 0 aromatic heterocycles. The van der Waals surface area contributed by atoms with Gasteiger partial charge in [0.1, 0.15) is 11.9 Å². The van der Waals surface area contributed by atoms with Gasteiger partial charge in [0, 0.05) is 19.1 Å². The number of rotatable bonds is 6. The van der Waals surface area contributed by atoms with E-state index >= 15 is 0 Å². The lowest BCUT2D eigenvalue weighted by molar-refractivity contribution is 0.0553. The van der Waals surface area contributed by atoms with Crippen LogP contribution in [0.3, 0.4) is 0 Å². The third kappa shape index (κ3) is 3.72. The largest absolute Gasteiger partial charge is 0.490 e. The number of aliphatic hydroxyl groups excluding tert-OH is 1. The summed E-state index contributed by atoms with van der Waals surface area (Å²) in [5, 5.41) is 12.9. The number of likely N-dealkylation sites (N-methyl/N-ethyl adjacent to an activating group) is 1. The molecular weight excluding hydrogens is 254 g/mol. The van der Waals surface area contributed by atoms with Gasteiger partial charge in [-0.2, -0.15) is 0 Å². The SMILES string of the molecule is CNC1(CO)CCCC(Oc2cccc(COC)c2)C1. The third-order valence-corrected chi connectivity index (χ3v) is 4.15. The van der Waals surface area contributed by atoms with Crippen molar-refractivity contribution in [3.63, 3.8) is 0 Å². The van der Waals surface area contributed by atoms with Crippen molar-refractivity contribution in [2.24, 2.45) is 0 Å². The number of ether oxygens (including phenoxy) is 2. The lowest BCUT2D eigenvalue weighted by Crippen LogP contribution is -2.52. The fourth-order valence-electron chi connectivity index (χ4n) is 2.93. The molecule has 4 nitrogen and oxygen atoms in total. The summed E-state index contributed by atoms with van der Waals surface area (Å²) >= 11 is 0. The first-order valence-electron chi connectivity index (χ1n) is 7.26. The smallest absolute Gasteiger partial charge is 0.120 e. The van der Waals surface area contributed by atoms with E-state index in [0.29, 0.717) is 6.61 Å². The topological polar surface area (TPSA) is 50.7 Å². The average Bonchev–Trinajstić information content (AvgIpc) is 2.48. The Hall–Kier alpha value is -1.10. The zero-order valence-electron chi connectivity index (χ0n) is 12.4. The summed E-state index contributed by atoms with van der Waals surface area (Å²) in [4.78, 5) is 0. The molecule has 1 aliphatic rings. The van der Waals surface area contributed by atoms with E-state index < -0.39 is 0 Å². The molecule has 4 heteroatoms. The first-order valence-corrected chi connectivity index (χ1v) is 7.26. The van der Waals surface area contributed by atoms with Crippen LogP contribution in [0.5, 0.6) is 5.75 Å². The van der Waals surface area contributed by atoms with Gasteiger partial charge in [-0.05, 0) is 44.0 Å². The quantitative estimate of drug-likeness (QED) is 0.837. The molecule has 1 fully saturated rings. The van der Waals surface area contributed by atoms with Gasteiger partial charge in [0.05, 0.1) is 13.2 Å². The van der Waals surface area contributed by atoms with Gasteiger partial charge in [-0.1, -0.05) is 12.1 Å². The first-order chi connectivity index (χ1) is 9.71. The highest BCUT2D eigenvalue weighted by atomic mass is 16.5. The van der Waals surface area contributed by atoms with E-state index in [2.05, 4.69) is 5.32 Å². The van der Waals surface area contributed by atoms with Crippen molar-refractivity contribution in [2.75, 3.05) is 20.8 Å². The van der Waals surface area contributed by atoms with Gasteiger partial charge in [-0.15, -0.1) is 0 Å². The second-order valence-corrected chi connectivity index (χ2v) is 5.61. The summed E-state index contributed by atoms with van der Waals surface area (Å²) in [6, 6.07) is 8.03. The molecule has 0 aliphatic heterocycles. The van der Waals surface area contributed by atoms with Crippen molar-refractivity contribution in [1.82, 2.24) is 5.32 Å². The van der Waals surface area contributed by atoms with E-state index in [4.69, 9.17) is 9.47 Å². The summed E-state index contributed by atoms with van der Waals surface area (Å²) in [6.45, 7) is 0.756. The number of nitrogens with one attached hydrogen (secondary N) is 1. The van der Waals surface area contributed by atoms with Crippen LogP contribution in [0, 0.1) is 0 Å². The van der Waals surface area contributed by atoms with Crippen LogP contribution in [0.1, 0.15) is 31.2 Å². The van der Waals surface area contributed by atoms with E-state index in [-0.39, 0.29) is 18.2 Å². The molecule has 2 unspecified atom stereocenters. The first kappa shape index (κ1) is 15.3. The molecule has 1 aromatic carbocycles. The van der Waals surface area contributed by atoms with Gasteiger partial charge in [0.15, 0.2) is 0 Å². The number of aliphatic hydroxyl groups is 1. The molecule has 2 atom stereocenters. The Morgan fingerprint density at radius 3 is 3.00 bits per heavy atom. The van der Waals surface area contributed by atoms with E-state index in [1.807, 2.05) is 31.3 Å². The van der Waals surface area contributed by atoms with Crippen molar-refractivity contribution in [2.45, 2.75) is 43.9 Å². The molecule has 0 saturated heterocycles. The van der Waals surface area contributed by atoms with Crippen LogP contribution >= 0.6 is 0 Å². The fraction of sp³-hybridized carbons (Fsp3) is 0.625. The third-order valence-electron chi connectivity index (χ3n) is 4.15. The number of hydrogen-bond acceptors (Lipinski definition) is 4. The minimum absolute atomic E-state index is 0.154. The molecule has 1 aliphatic carbocycles. The number of hydrogen-bond donors (Lipinski definition) is 2. The summed E-state index contributed by atoms with van der Waals surface area (Å²) in [7, 11) is 3.61. The maximum Gasteiger partial charge on any atom is 0.120 e. The van der Waals surface area contributed by atoms with Crippen LogP contribution in [0.15, 0.2) is 24.3 Å². The zero-order chi connectivity index (χ0) is 14.4. The maximum absolute atomic E-state index is 9.60. The van der Waals surface area contributed by atoms with Crippen LogP contribution in [-0.4, -0.2) is 37.5 Å². The van der Waals surface area contributed by atoms with Gasteiger partial charge in [0.25, 0.3) is 0 Å². The van der Waals surface area contributed by atoms with Crippen molar-refractivity contribution in [3.05, 3.63) is 29.8 Å². The molecule has 0 heterocycles. The highest BCUT2D eigenvalue weighted by Gasteiger charge is 2.35. The molecule has 112 valence electrons. The highest BCUT2D eigenvalue weighted by molar-refractivity contribution is 5.28. The second kappa shape index (κ2) is 7.07. The summed E-state index contributed by atoms with van der Waals surface area (Å²) < 4.78 is 11.2. The molecule has 0 radical (unpaired) electrons. The van der Waals surface area contributed by atoms with Crippen LogP contribution < -0.4 is 10.1 Å². The minimum Gasteiger partial charge on any atom is -0.490 e. The number of methoxy groups -OCH3 is 1. The Bertz CT molecular complexity index is 418. The fourth-order valence-corrected chi connectivity index (χ4v) is 2.93. The van der Waals surface area contributed by atoms with Crippen molar-refractivity contribution < 1.29 is 14.6 Å². The van der Waals surface area contributed by atoms with E-state index in [9.17, 15) is 5.11 Å². The molecule has 2 N–H and O–H groups in total. The highest BCUT2D eigenvalue weighted by Crippen LogP contribution is 2.30. The van der Waals surface area contributed by atoms with E-state index in [0.717, 1.165) is 37.0 Å².